The Labute approximate surface area is 128 Å². The third-order valence-electron chi connectivity index (χ3n) is 2.76. The molecule has 0 aliphatic carbocycles. The zero-order valence-electron chi connectivity index (χ0n) is 11.5. The smallest absolute Gasteiger partial charge is 0.277 e. The fourth-order valence-electron chi connectivity index (χ4n) is 1.62. The number of aryl methyl sites for hydroxylation is 1. The highest BCUT2D eigenvalue weighted by Gasteiger charge is 2.01. The molecular weight excluding hydrogens is 288 g/mol. The van der Waals surface area contributed by atoms with Crippen LogP contribution in [0.4, 0.5) is 0 Å². The number of halogens is 1. The Hall–Kier alpha value is -2.33. The van der Waals surface area contributed by atoms with Crippen molar-refractivity contribution in [3.8, 4) is 5.75 Å². The molecule has 2 aromatic carbocycles. The zero-order chi connectivity index (χ0) is 15.1. The summed E-state index contributed by atoms with van der Waals surface area (Å²) in [6.07, 6.45) is 1.61. The molecule has 4 nitrogen and oxygen atoms in total. The number of nitrogens with one attached hydrogen (secondary N) is 1. The molecule has 0 radical (unpaired) electrons. The van der Waals surface area contributed by atoms with Crippen molar-refractivity contribution in [2.75, 3.05) is 6.61 Å². The van der Waals surface area contributed by atoms with Crippen LogP contribution < -0.4 is 10.2 Å². The zero-order valence-corrected chi connectivity index (χ0v) is 12.3. The average Bonchev–Trinajstić information content (AvgIpc) is 2.49. The van der Waals surface area contributed by atoms with Gasteiger partial charge in [-0.1, -0.05) is 35.9 Å². The van der Waals surface area contributed by atoms with Crippen LogP contribution in [0.3, 0.4) is 0 Å². The molecule has 0 aliphatic heterocycles. The molecule has 1 amide bonds. The molecule has 0 spiro atoms. The lowest BCUT2D eigenvalue weighted by Gasteiger charge is -2.04. The molecule has 1 N–H and O–H groups in total. The molecule has 2 rings (SSSR count). The summed E-state index contributed by atoms with van der Waals surface area (Å²) < 4.78 is 5.30. The summed E-state index contributed by atoms with van der Waals surface area (Å²) in [4.78, 5) is 11.6. The highest BCUT2D eigenvalue weighted by atomic mass is 35.5. The minimum Gasteiger partial charge on any atom is -0.484 e. The minimum absolute atomic E-state index is 0.104. The highest BCUT2D eigenvalue weighted by molar-refractivity contribution is 6.30. The number of carbonyl (C=O) groups is 1. The first kappa shape index (κ1) is 15.1. The van der Waals surface area contributed by atoms with E-state index in [9.17, 15) is 4.79 Å². The van der Waals surface area contributed by atoms with E-state index in [-0.39, 0.29) is 12.5 Å². The van der Waals surface area contributed by atoms with E-state index in [2.05, 4.69) is 10.5 Å². The second kappa shape index (κ2) is 7.45. The second-order valence-corrected chi connectivity index (χ2v) is 4.83. The van der Waals surface area contributed by atoms with Crippen molar-refractivity contribution in [2.24, 2.45) is 5.10 Å². The van der Waals surface area contributed by atoms with Crippen LogP contribution >= 0.6 is 11.6 Å². The third kappa shape index (κ3) is 4.93. The summed E-state index contributed by atoms with van der Waals surface area (Å²) in [5.74, 6) is 0.257. The summed E-state index contributed by atoms with van der Waals surface area (Å²) >= 11 is 5.76. The predicted molar refractivity (Wildman–Crippen MR) is 83.9 cm³/mol. The van der Waals surface area contributed by atoms with Crippen LogP contribution in [0, 0.1) is 6.92 Å². The van der Waals surface area contributed by atoms with E-state index in [4.69, 9.17) is 16.3 Å². The van der Waals surface area contributed by atoms with Gasteiger partial charge in [0.25, 0.3) is 5.91 Å². The Kier molecular flexibility index (Phi) is 5.35. The molecule has 0 unspecified atom stereocenters. The maximum atomic E-state index is 11.6. The molecule has 0 bridgehead atoms. The summed E-state index contributed by atoms with van der Waals surface area (Å²) in [5.41, 5.74) is 4.47. The van der Waals surface area contributed by atoms with E-state index in [1.54, 1.807) is 30.5 Å². The van der Waals surface area contributed by atoms with E-state index >= 15 is 0 Å². The largest absolute Gasteiger partial charge is 0.484 e. The van der Waals surface area contributed by atoms with Gasteiger partial charge in [0.05, 0.1) is 6.21 Å². The topological polar surface area (TPSA) is 50.7 Å². The first-order valence-electron chi connectivity index (χ1n) is 6.41. The van der Waals surface area contributed by atoms with Gasteiger partial charge in [-0.2, -0.15) is 5.10 Å². The van der Waals surface area contributed by atoms with Gasteiger partial charge in [0.15, 0.2) is 6.61 Å². The highest BCUT2D eigenvalue weighted by Crippen LogP contribution is 2.15. The predicted octanol–water partition coefficient (Wildman–Crippen LogP) is 3.18. The molecule has 5 heteroatoms. The number of benzene rings is 2. The Morgan fingerprint density at radius 2 is 1.95 bits per heavy atom. The van der Waals surface area contributed by atoms with Crippen molar-refractivity contribution >= 4 is 23.7 Å². The Morgan fingerprint density at radius 1 is 1.24 bits per heavy atom. The van der Waals surface area contributed by atoms with Gasteiger partial charge in [-0.25, -0.2) is 5.43 Å². The number of amides is 1. The van der Waals surface area contributed by atoms with Crippen LogP contribution in [-0.2, 0) is 4.79 Å². The van der Waals surface area contributed by atoms with Crippen molar-refractivity contribution < 1.29 is 9.53 Å². The number of hydrazone groups is 1. The van der Waals surface area contributed by atoms with Crippen LogP contribution in [0.2, 0.25) is 5.02 Å². The molecule has 108 valence electrons. The number of nitrogens with zero attached hydrogens (tertiary/aromatic N) is 1. The molecule has 0 heterocycles. The van der Waals surface area contributed by atoms with Crippen molar-refractivity contribution in [3.05, 3.63) is 64.7 Å². The molecular formula is C16H15ClN2O2. The van der Waals surface area contributed by atoms with E-state index < -0.39 is 0 Å². The molecule has 2 aromatic rings. The Bertz CT molecular complexity index is 639. The number of carbonyl (C=O) groups excluding carboxylic acids is 1. The number of rotatable bonds is 5. The quantitative estimate of drug-likeness (QED) is 0.681. The van der Waals surface area contributed by atoms with Crippen molar-refractivity contribution in [1.29, 1.82) is 0 Å². The van der Waals surface area contributed by atoms with Crippen molar-refractivity contribution in [2.45, 2.75) is 6.92 Å². The first-order valence-corrected chi connectivity index (χ1v) is 6.79. The number of hydrogen-bond acceptors (Lipinski definition) is 3. The SMILES string of the molecule is Cc1ccccc1/C=N/NC(=O)COc1ccc(Cl)cc1. The minimum atomic E-state index is -0.324. The molecule has 0 aromatic heterocycles. The standard InChI is InChI=1S/C16H15ClN2O2/c1-12-4-2-3-5-13(12)10-18-19-16(20)11-21-15-8-6-14(17)7-9-15/h2-10H,11H2,1H3,(H,19,20)/b18-10+. The van der Waals surface area contributed by atoms with Gasteiger partial charge >= 0.3 is 0 Å². The van der Waals surface area contributed by atoms with Crippen LogP contribution in [0.15, 0.2) is 53.6 Å². The van der Waals surface area contributed by atoms with Crippen LogP contribution in [0.25, 0.3) is 0 Å². The van der Waals surface area contributed by atoms with Gasteiger partial charge in [-0.3, -0.25) is 4.79 Å². The van der Waals surface area contributed by atoms with Crippen molar-refractivity contribution in [3.63, 3.8) is 0 Å². The maximum absolute atomic E-state index is 11.6. The molecule has 0 aliphatic rings. The van der Waals surface area contributed by atoms with Gasteiger partial charge in [0.1, 0.15) is 5.75 Å². The Balaban J connectivity index is 1.80. The summed E-state index contributed by atoms with van der Waals surface area (Å²) in [5, 5.41) is 4.52. The van der Waals surface area contributed by atoms with E-state index in [1.165, 1.54) is 0 Å². The van der Waals surface area contributed by atoms with E-state index in [0.717, 1.165) is 11.1 Å². The second-order valence-electron chi connectivity index (χ2n) is 4.39. The van der Waals surface area contributed by atoms with Crippen LogP contribution in [-0.4, -0.2) is 18.7 Å². The first-order chi connectivity index (χ1) is 10.1. The summed E-state index contributed by atoms with van der Waals surface area (Å²) in [6.45, 7) is 1.87. The molecule has 21 heavy (non-hydrogen) atoms. The fraction of sp³-hybridized carbons (Fsp3) is 0.125. The van der Waals surface area contributed by atoms with Gasteiger partial charge in [-0.05, 0) is 42.3 Å². The summed E-state index contributed by atoms with van der Waals surface area (Å²) in [7, 11) is 0. The lowest BCUT2D eigenvalue weighted by molar-refractivity contribution is -0.123. The molecule has 0 fully saturated rings. The van der Waals surface area contributed by atoms with Crippen molar-refractivity contribution in [1.82, 2.24) is 5.43 Å². The van der Waals surface area contributed by atoms with Gasteiger partial charge in [0, 0.05) is 5.02 Å². The third-order valence-corrected chi connectivity index (χ3v) is 3.02. The molecule has 0 saturated heterocycles. The van der Waals surface area contributed by atoms with Crippen LogP contribution in [0.1, 0.15) is 11.1 Å². The normalized spacial score (nSPS) is 10.6. The summed E-state index contributed by atoms with van der Waals surface area (Å²) in [6, 6.07) is 14.6. The Morgan fingerprint density at radius 3 is 2.67 bits per heavy atom. The van der Waals surface area contributed by atoms with E-state index in [0.29, 0.717) is 10.8 Å². The maximum Gasteiger partial charge on any atom is 0.277 e. The molecule has 0 atom stereocenters. The van der Waals surface area contributed by atoms with E-state index in [1.807, 2.05) is 31.2 Å². The lowest BCUT2D eigenvalue weighted by Crippen LogP contribution is -2.24. The monoisotopic (exact) mass is 302 g/mol. The molecule has 0 saturated carbocycles. The van der Waals surface area contributed by atoms with Crippen LogP contribution in [0.5, 0.6) is 5.75 Å². The fourth-order valence-corrected chi connectivity index (χ4v) is 1.74. The van der Waals surface area contributed by atoms with Gasteiger partial charge < -0.3 is 4.74 Å². The average molecular weight is 303 g/mol. The lowest BCUT2D eigenvalue weighted by atomic mass is 10.1. The van der Waals surface area contributed by atoms with Gasteiger partial charge in [0.2, 0.25) is 0 Å². The number of hydrogen-bond donors (Lipinski definition) is 1. The number of ether oxygens (including phenoxy) is 1. The van der Waals surface area contributed by atoms with Gasteiger partial charge in [-0.15, -0.1) is 0 Å².